The van der Waals surface area contributed by atoms with Crippen LogP contribution in [0.4, 0.5) is 5.82 Å². The zero-order valence-electron chi connectivity index (χ0n) is 10.7. The van der Waals surface area contributed by atoms with E-state index < -0.39 is 0 Å². The fraction of sp³-hybridized carbons (Fsp3) is 0.385. The molecule has 0 bridgehead atoms. The number of anilines is 1. The molecule has 0 unspecified atom stereocenters. The van der Waals surface area contributed by atoms with Crippen LogP contribution in [0, 0.1) is 6.92 Å². The Bertz CT molecular complexity index is 551. The molecule has 0 aliphatic carbocycles. The number of aromatic nitrogens is 2. The molecule has 0 aromatic carbocycles. The van der Waals surface area contributed by atoms with E-state index in [0.717, 1.165) is 46.0 Å². The summed E-state index contributed by atoms with van der Waals surface area (Å²) < 4.78 is 6.41. The van der Waals surface area contributed by atoms with Crippen LogP contribution in [0.5, 0.6) is 0 Å². The summed E-state index contributed by atoms with van der Waals surface area (Å²) in [6.45, 7) is 4.11. The normalized spacial score (nSPS) is 10.7. The molecule has 0 saturated carbocycles. The van der Waals surface area contributed by atoms with Gasteiger partial charge in [0.1, 0.15) is 17.3 Å². The summed E-state index contributed by atoms with van der Waals surface area (Å²) in [4.78, 5) is 9.10. The standard InChI is InChI=1S/C13H16BrN3O/c1-4-5-10-16-11(8(2)13(15-3)17-10)12-9(14)6-7-18-12/h6-7H,4-5H2,1-3H3,(H,15,16,17). The van der Waals surface area contributed by atoms with E-state index >= 15 is 0 Å². The van der Waals surface area contributed by atoms with Crippen molar-refractivity contribution < 1.29 is 4.42 Å². The number of furan rings is 1. The van der Waals surface area contributed by atoms with Crippen molar-refractivity contribution in [1.82, 2.24) is 9.97 Å². The van der Waals surface area contributed by atoms with Crippen LogP contribution in [0.15, 0.2) is 21.2 Å². The summed E-state index contributed by atoms with van der Waals surface area (Å²) >= 11 is 3.47. The van der Waals surface area contributed by atoms with E-state index in [1.165, 1.54) is 0 Å². The highest BCUT2D eigenvalue weighted by atomic mass is 79.9. The van der Waals surface area contributed by atoms with Gasteiger partial charge in [0.2, 0.25) is 0 Å². The predicted octanol–water partition coefficient (Wildman–Crippen LogP) is 3.80. The van der Waals surface area contributed by atoms with Crippen LogP contribution in [0.1, 0.15) is 24.7 Å². The molecule has 0 saturated heterocycles. The summed E-state index contributed by atoms with van der Waals surface area (Å²) in [6.07, 6.45) is 3.53. The van der Waals surface area contributed by atoms with Gasteiger partial charge in [0.15, 0.2) is 5.76 Å². The molecule has 0 radical (unpaired) electrons. The van der Waals surface area contributed by atoms with E-state index in [9.17, 15) is 0 Å². The maximum absolute atomic E-state index is 5.50. The lowest BCUT2D eigenvalue weighted by molar-refractivity contribution is 0.577. The Balaban J connectivity index is 2.58. The third kappa shape index (κ3) is 2.41. The van der Waals surface area contributed by atoms with Crippen molar-refractivity contribution in [2.75, 3.05) is 12.4 Å². The summed E-state index contributed by atoms with van der Waals surface area (Å²) in [5, 5.41) is 3.11. The maximum atomic E-state index is 5.50. The van der Waals surface area contributed by atoms with E-state index in [-0.39, 0.29) is 0 Å². The first-order valence-corrected chi connectivity index (χ1v) is 6.75. The number of hydrogen-bond donors (Lipinski definition) is 1. The Morgan fingerprint density at radius 3 is 2.72 bits per heavy atom. The van der Waals surface area contributed by atoms with Gasteiger partial charge in [-0.25, -0.2) is 9.97 Å². The molecule has 2 rings (SSSR count). The first-order valence-electron chi connectivity index (χ1n) is 5.96. The van der Waals surface area contributed by atoms with Crippen molar-refractivity contribution in [3.05, 3.63) is 28.2 Å². The number of halogens is 1. The van der Waals surface area contributed by atoms with Gasteiger partial charge in [-0.05, 0) is 35.3 Å². The zero-order chi connectivity index (χ0) is 13.1. The molecule has 5 heteroatoms. The Kier molecular flexibility index (Phi) is 4.01. The average Bonchev–Trinajstić information content (AvgIpc) is 2.78. The number of nitrogens with zero attached hydrogens (tertiary/aromatic N) is 2. The van der Waals surface area contributed by atoms with Gasteiger partial charge in [0.05, 0.1) is 10.7 Å². The fourth-order valence-corrected chi connectivity index (χ4v) is 2.21. The quantitative estimate of drug-likeness (QED) is 0.933. The number of hydrogen-bond acceptors (Lipinski definition) is 4. The lowest BCUT2D eigenvalue weighted by Gasteiger charge is -2.10. The molecular formula is C13H16BrN3O. The largest absolute Gasteiger partial charge is 0.461 e. The summed E-state index contributed by atoms with van der Waals surface area (Å²) in [7, 11) is 1.87. The van der Waals surface area contributed by atoms with Gasteiger partial charge in [-0.2, -0.15) is 0 Å². The van der Waals surface area contributed by atoms with Gasteiger partial charge in [-0.15, -0.1) is 0 Å². The highest BCUT2D eigenvalue weighted by Crippen LogP contribution is 2.32. The monoisotopic (exact) mass is 309 g/mol. The predicted molar refractivity (Wildman–Crippen MR) is 75.7 cm³/mol. The zero-order valence-corrected chi connectivity index (χ0v) is 12.3. The number of aryl methyl sites for hydroxylation is 1. The molecule has 0 fully saturated rings. The highest BCUT2D eigenvalue weighted by molar-refractivity contribution is 9.10. The van der Waals surface area contributed by atoms with Crippen LogP contribution in [0.2, 0.25) is 0 Å². The van der Waals surface area contributed by atoms with Crippen molar-refractivity contribution in [2.24, 2.45) is 0 Å². The van der Waals surface area contributed by atoms with Crippen molar-refractivity contribution >= 4 is 21.7 Å². The van der Waals surface area contributed by atoms with Crippen molar-refractivity contribution in [3.63, 3.8) is 0 Å². The molecule has 0 aliphatic rings. The molecule has 0 aliphatic heterocycles. The van der Waals surface area contributed by atoms with E-state index in [0.29, 0.717) is 0 Å². The minimum Gasteiger partial charge on any atom is -0.461 e. The Labute approximate surface area is 115 Å². The van der Waals surface area contributed by atoms with Crippen LogP contribution in [0.25, 0.3) is 11.5 Å². The smallest absolute Gasteiger partial charge is 0.166 e. The summed E-state index contributed by atoms with van der Waals surface area (Å²) in [5.41, 5.74) is 1.84. The van der Waals surface area contributed by atoms with Crippen LogP contribution < -0.4 is 5.32 Å². The van der Waals surface area contributed by atoms with Crippen LogP contribution in [0.3, 0.4) is 0 Å². The molecule has 18 heavy (non-hydrogen) atoms. The van der Waals surface area contributed by atoms with Crippen LogP contribution in [-0.2, 0) is 6.42 Å². The molecule has 2 aromatic heterocycles. The minimum absolute atomic E-state index is 0.753. The van der Waals surface area contributed by atoms with E-state index in [2.05, 4.69) is 38.1 Å². The van der Waals surface area contributed by atoms with E-state index in [1.807, 2.05) is 20.0 Å². The Hall–Kier alpha value is -1.36. The maximum Gasteiger partial charge on any atom is 0.166 e. The first kappa shape index (κ1) is 13.1. The fourth-order valence-electron chi connectivity index (χ4n) is 1.83. The van der Waals surface area contributed by atoms with Crippen molar-refractivity contribution in [2.45, 2.75) is 26.7 Å². The lowest BCUT2D eigenvalue weighted by atomic mass is 10.2. The summed E-state index contributed by atoms with van der Waals surface area (Å²) in [6, 6.07) is 1.87. The summed E-state index contributed by atoms with van der Waals surface area (Å²) in [5.74, 6) is 2.45. The molecule has 96 valence electrons. The van der Waals surface area contributed by atoms with Crippen LogP contribution in [-0.4, -0.2) is 17.0 Å². The minimum atomic E-state index is 0.753. The lowest BCUT2D eigenvalue weighted by Crippen LogP contribution is -2.05. The number of nitrogens with one attached hydrogen (secondary N) is 1. The third-order valence-electron chi connectivity index (χ3n) is 2.73. The molecule has 4 nitrogen and oxygen atoms in total. The average molecular weight is 310 g/mol. The van der Waals surface area contributed by atoms with Gasteiger partial charge < -0.3 is 9.73 Å². The highest BCUT2D eigenvalue weighted by Gasteiger charge is 2.16. The van der Waals surface area contributed by atoms with Crippen molar-refractivity contribution in [3.8, 4) is 11.5 Å². The molecular weight excluding hydrogens is 294 g/mol. The van der Waals surface area contributed by atoms with E-state index in [4.69, 9.17) is 4.42 Å². The molecule has 2 aromatic rings. The van der Waals surface area contributed by atoms with Gasteiger partial charge in [0.25, 0.3) is 0 Å². The second-order valence-electron chi connectivity index (χ2n) is 4.06. The van der Waals surface area contributed by atoms with Crippen LogP contribution >= 0.6 is 15.9 Å². The Morgan fingerprint density at radius 1 is 1.39 bits per heavy atom. The van der Waals surface area contributed by atoms with Crippen molar-refractivity contribution in [1.29, 1.82) is 0 Å². The first-order chi connectivity index (χ1) is 8.67. The molecule has 0 spiro atoms. The van der Waals surface area contributed by atoms with Gasteiger partial charge in [-0.1, -0.05) is 6.92 Å². The SMILES string of the molecule is CCCc1nc(NC)c(C)c(-c2occc2Br)n1. The molecule has 1 N–H and O–H groups in total. The second kappa shape index (κ2) is 5.52. The topological polar surface area (TPSA) is 51.0 Å². The number of rotatable bonds is 4. The second-order valence-corrected chi connectivity index (χ2v) is 4.91. The molecule has 0 atom stereocenters. The van der Waals surface area contributed by atoms with Gasteiger partial charge in [0, 0.05) is 19.0 Å². The van der Waals surface area contributed by atoms with Gasteiger partial charge >= 0.3 is 0 Å². The van der Waals surface area contributed by atoms with Gasteiger partial charge in [-0.3, -0.25) is 0 Å². The third-order valence-corrected chi connectivity index (χ3v) is 3.36. The molecule has 2 heterocycles. The Morgan fingerprint density at radius 2 is 2.17 bits per heavy atom. The molecule has 0 amide bonds. The van der Waals surface area contributed by atoms with E-state index in [1.54, 1.807) is 6.26 Å².